The van der Waals surface area contributed by atoms with Crippen LogP contribution in [-0.4, -0.2) is 62.6 Å². The molecule has 0 aromatic carbocycles. The molecule has 3 atom stereocenters. The first-order valence-electron chi connectivity index (χ1n) is 14.3. The predicted molar refractivity (Wildman–Crippen MR) is 146 cm³/mol. The predicted octanol–water partition coefficient (Wildman–Crippen LogP) is 3.85. The van der Waals surface area contributed by atoms with Gasteiger partial charge in [-0.25, -0.2) is 9.50 Å². The van der Waals surface area contributed by atoms with Gasteiger partial charge in [-0.05, 0) is 51.2 Å². The van der Waals surface area contributed by atoms with E-state index in [1.54, 1.807) is 26.0 Å². The number of aliphatic hydroxyl groups is 1. The third kappa shape index (κ3) is 6.62. The Morgan fingerprint density at radius 1 is 1.27 bits per heavy atom. The third-order valence-corrected chi connectivity index (χ3v) is 7.73. The highest BCUT2D eigenvalue weighted by Gasteiger charge is 2.52. The first kappa shape index (κ1) is 29.9. The van der Waals surface area contributed by atoms with Crippen LogP contribution in [0.3, 0.4) is 0 Å². The molecule has 1 saturated carbocycles. The number of unbranched alkanes of at least 4 members (excludes halogenated alkanes) is 1. The fourth-order valence-electron chi connectivity index (χ4n) is 5.28. The van der Waals surface area contributed by atoms with Crippen molar-refractivity contribution < 1.29 is 28.9 Å². The second-order valence-electron chi connectivity index (χ2n) is 11.2. The fourth-order valence-corrected chi connectivity index (χ4v) is 5.28. The lowest BCUT2D eigenvalue weighted by molar-refractivity contribution is -0.150. The number of nitrogens with one attached hydrogen (secondary N) is 1. The molecular weight excluding hydrogens is 514 g/mol. The summed E-state index contributed by atoms with van der Waals surface area (Å²) in [6.07, 6.45) is 9.55. The lowest BCUT2D eigenvalue weighted by Crippen LogP contribution is -2.40. The molecule has 0 spiro atoms. The van der Waals surface area contributed by atoms with E-state index in [1.165, 1.54) is 30.1 Å². The Balaban J connectivity index is 1.45. The van der Waals surface area contributed by atoms with Gasteiger partial charge >= 0.3 is 5.97 Å². The van der Waals surface area contributed by atoms with Gasteiger partial charge in [0.1, 0.15) is 42.3 Å². The number of amides is 1. The zero-order chi connectivity index (χ0) is 28.8. The van der Waals surface area contributed by atoms with E-state index < -0.39 is 23.4 Å². The Labute approximate surface area is 235 Å². The Morgan fingerprint density at radius 2 is 2.02 bits per heavy atom. The molecule has 11 heteroatoms. The molecule has 1 saturated heterocycles. The molecule has 4 rings (SSSR count). The second kappa shape index (κ2) is 13.1. The van der Waals surface area contributed by atoms with Crippen LogP contribution in [0.2, 0.25) is 0 Å². The van der Waals surface area contributed by atoms with Crippen LogP contribution in [0.25, 0.3) is 5.52 Å². The Hall–Kier alpha value is -3.07. The number of hydrogen-bond acceptors (Lipinski definition) is 9. The molecule has 2 N–H and O–H groups in total. The lowest BCUT2D eigenvalue weighted by atomic mass is 9.94. The molecule has 40 heavy (non-hydrogen) atoms. The number of nitrogens with zero attached hydrogens (tertiary/aromatic N) is 4. The van der Waals surface area contributed by atoms with Gasteiger partial charge in [0.25, 0.3) is 5.91 Å². The first-order valence-corrected chi connectivity index (χ1v) is 14.3. The number of carbonyl (C=O) groups excluding carboxylic acids is 2. The normalized spacial score (nSPS) is 24.0. The summed E-state index contributed by atoms with van der Waals surface area (Å²) in [4.78, 5) is 29.6. The summed E-state index contributed by atoms with van der Waals surface area (Å²) in [5.41, 5.74) is -2.19. The molecule has 1 aliphatic heterocycles. The molecule has 3 heterocycles. The highest BCUT2D eigenvalue weighted by molar-refractivity contribution is 5.98. The van der Waals surface area contributed by atoms with E-state index in [4.69, 9.17) is 14.2 Å². The Kier molecular flexibility index (Phi) is 9.77. The van der Waals surface area contributed by atoms with Gasteiger partial charge in [-0.2, -0.15) is 10.4 Å². The van der Waals surface area contributed by atoms with E-state index in [0.717, 1.165) is 38.5 Å². The molecule has 217 valence electrons. The average Bonchev–Trinajstić information content (AvgIpc) is 3.40. The van der Waals surface area contributed by atoms with Crippen molar-refractivity contribution in [1.29, 1.82) is 5.26 Å². The average molecular weight is 555 g/mol. The van der Waals surface area contributed by atoms with E-state index in [0.29, 0.717) is 24.5 Å². The Bertz CT molecular complexity index is 1220. The molecule has 11 nitrogen and oxygen atoms in total. The number of esters is 1. The molecule has 1 amide bonds. The van der Waals surface area contributed by atoms with Gasteiger partial charge in [-0.1, -0.05) is 39.0 Å². The van der Waals surface area contributed by atoms with E-state index in [9.17, 15) is 20.0 Å². The van der Waals surface area contributed by atoms with Gasteiger partial charge in [0.2, 0.25) is 5.60 Å². The van der Waals surface area contributed by atoms with Crippen molar-refractivity contribution in [3.8, 4) is 6.07 Å². The standard InChI is InChI=1S/C29H40N5O6/c1-4-5-14-39-28(2,3)27(37)33-26-22-12-13-23(34(22)32-19-31-26)29(18-30)24(35)16-21(40-29)17-38-25(36)15-20-10-8-6-7-9-11-20/h12-13,16,19-21,24,35H,4-11,14-15,17H2,1-3H3,(H,31,32,33,37)/t21-,24-,29+/m1/s1. The van der Waals surface area contributed by atoms with Crippen LogP contribution in [0.5, 0.6) is 0 Å². The number of aromatic nitrogens is 3. The second-order valence-corrected chi connectivity index (χ2v) is 11.2. The van der Waals surface area contributed by atoms with Crippen LogP contribution in [-0.2, 0) is 29.4 Å². The Morgan fingerprint density at radius 3 is 2.73 bits per heavy atom. The molecular formula is C29H40N5O6. The van der Waals surface area contributed by atoms with Crippen LogP contribution in [0.4, 0.5) is 5.82 Å². The number of aliphatic hydroxyl groups excluding tert-OH is 1. The van der Waals surface area contributed by atoms with Gasteiger partial charge in [-0.3, -0.25) is 9.59 Å². The maximum absolute atomic E-state index is 12.9. The minimum atomic E-state index is -1.79. The smallest absolute Gasteiger partial charge is 0.306 e. The maximum Gasteiger partial charge on any atom is 0.306 e. The third-order valence-electron chi connectivity index (χ3n) is 7.73. The number of hydrogen-bond donors (Lipinski definition) is 2. The number of rotatable bonds is 11. The largest absolute Gasteiger partial charge is 0.463 e. The van der Waals surface area contributed by atoms with Crippen molar-refractivity contribution in [1.82, 2.24) is 14.6 Å². The summed E-state index contributed by atoms with van der Waals surface area (Å²) < 4.78 is 18.7. The van der Waals surface area contributed by atoms with Crippen molar-refractivity contribution in [3.05, 3.63) is 30.6 Å². The lowest BCUT2D eigenvalue weighted by Gasteiger charge is -2.25. The molecule has 2 aliphatic rings. The SMILES string of the molecule is CCCCOC(C)(C)C(=O)Nc1ncnn2c([C@]3(C#N)O[C@@H](COC(=O)CC4CCCCCC4)[CH][C@H]3O)ccc12. The number of ether oxygens (including phenoxy) is 3. The van der Waals surface area contributed by atoms with Crippen LogP contribution in [0.15, 0.2) is 18.5 Å². The molecule has 1 radical (unpaired) electrons. The summed E-state index contributed by atoms with van der Waals surface area (Å²) in [6.45, 7) is 5.78. The molecule has 0 unspecified atom stereocenters. The minimum Gasteiger partial charge on any atom is -0.463 e. The quantitative estimate of drug-likeness (QED) is 0.240. The molecule has 1 aliphatic carbocycles. The van der Waals surface area contributed by atoms with Gasteiger partial charge < -0.3 is 24.6 Å². The monoisotopic (exact) mass is 554 g/mol. The van der Waals surface area contributed by atoms with E-state index >= 15 is 0 Å². The number of anilines is 1. The summed E-state index contributed by atoms with van der Waals surface area (Å²) in [5.74, 6) is -0.108. The zero-order valence-corrected chi connectivity index (χ0v) is 23.6. The van der Waals surface area contributed by atoms with Crippen molar-refractivity contribution in [3.63, 3.8) is 0 Å². The van der Waals surface area contributed by atoms with Gasteiger partial charge in [0.05, 0.1) is 5.69 Å². The van der Waals surface area contributed by atoms with Crippen molar-refractivity contribution in [2.24, 2.45) is 5.92 Å². The van der Waals surface area contributed by atoms with Crippen molar-refractivity contribution in [2.75, 3.05) is 18.5 Å². The van der Waals surface area contributed by atoms with Gasteiger partial charge in [0, 0.05) is 19.4 Å². The highest BCUT2D eigenvalue weighted by Crippen LogP contribution is 2.40. The first-order chi connectivity index (χ1) is 19.2. The zero-order valence-electron chi connectivity index (χ0n) is 23.6. The molecule has 2 aromatic rings. The number of fused-ring (bicyclic) bond motifs is 1. The van der Waals surface area contributed by atoms with E-state index in [-0.39, 0.29) is 30.0 Å². The van der Waals surface area contributed by atoms with Crippen LogP contribution >= 0.6 is 0 Å². The van der Waals surface area contributed by atoms with Crippen LogP contribution in [0, 0.1) is 23.7 Å². The fraction of sp³-hybridized carbons (Fsp3) is 0.655. The molecule has 0 bridgehead atoms. The summed E-state index contributed by atoms with van der Waals surface area (Å²) in [7, 11) is 0. The van der Waals surface area contributed by atoms with E-state index in [2.05, 4.69) is 21.5 Å². The minimum absolute atomic E-state index is 0.0985. The highest BCUT2D eigenvalue weighted by atomic mass is 16.6. The van der Waals surface area contributed by atoms with Gasteiger partial charge in [0.15, 0.2) is 5.82 Å². The number of nitriles is 1. The van der Waals surface area contributed by atoms with E-state index in [1.807, 2.05) is 6.92 Å². The molecule has 2 fully saturated rings. The van der Waals surface area contributed by atoms with Crippen molar-refractivity contribution >= 4 is 23.2 Å². The summed E-state index contributed by atoms with van der Waals surface area (Å²) in [6, 6.07) is 5.34. The summed E-state index contributed by atoms with van der Waals surface area (Å²) >= 11 is 0. The van der Waals surface area contributed by atoms with Crippen molar-refractivity contribution in [2.45, 2.75) is 102 Å². The van der Waals surface area contributed by atoms with Crippen LogP contribution in [0.1, 0.15) is 84.3 Å². The van der Waals surface area contributed by atoms with Gasteiger partial charge in [-0.15, -0.1) is 0 Å². The number of carbonyl (C=O) groups is 2. The summed E-state index contributed by atoms with van der Waals surface area (Å²) in [5, 5.41) is 28.2. The van der Waals surface area contributed by atoms with Crippen LogP contribution < -0.4 is 5.32 Å². The maximum atomic E-state index is 12.9. The molecule has 2 aromatic heterocycles. The topological polar surface area (TPSA) is 148 Å².